The Morgan fingerprint density at radius 2 is 1.36 bits per heavy atom. The molecule has 0 unspecified atom stereocenters. The lowest BCUT2D eigenvalue weighted by molar-refractivity contribution is 0.594. The van der Waals surface area contributed by atoms with E-state index in [4.69, 9.17) is 0 Å². The Bertz CT molecular complexity index is 256. The Labute approximate surface area is 85.9 Å². The maximum Gasteiger partial charge on any atom is 0.0670 e. The maximum absolute atomic E-state index is 4.03. The van der Waals surface area contributed by atoms with Crippen LogP contribution in [-0.2, 0) is 12.8 Å². The highest BCUT2D eigenvalue weighted by atomic mass is 15.3. The first-order valence-corrected chi connectivity index (χ1v) is 5.26. The van der Waals surface area contributed by atoms with E-state index in [0.717, 1.165) is 24.2 Å². The maximum atomic E-state index is 4.03. The number of nitrogens with zero attached hydrogens (tertiary/aromatic N) is 3. The number of hydrogen-bond acceptors (Lipinski definition) is 3. The Balaban J connectivity index is 2.68. The minimum atomic E-state index is 0.624. The van der Waals surface area contributed by atoms with Crippen molar-refractivity contribution in [3.05, 3.63) is 17.5 Å². The summed E-state index contributed by atoms with van der Waals surface area (Å²) in [5.74, 6) is 1.25. The largest absolute Gasteiger partial charge is 0.135 e. The van der Waals surface area contributed by atoms with E-state index in [1.807, 2.05) is 0 Å². The van der Waals surface area contributed by atoms with Gasteiger partial charge in [0.1, 0.15) is 0 Å². The van der Waals surface area contributed by atoms with Crippen molar-refractivity contribution in [3.63, 3.8) is 0 Å². The Morgan fingerprint density at radius 3 is 1.71 bits per heavy atom. The summed E-state index contributed by atoms with van der Waals surface area (Å²) < 4.78 is 0. The van der Waals surface area contributed by atoms with Gasteiger partial charge in [-0.25, -0.2) is 0 Å². The van der Waals surface area contributed by atoms with Crippen LogP contribution in [0.1, 0.15) is 39.1 Å². The molecule has 1 rings (SSSR count). The fourth-order valence-electron chi connectivity index (χ4n) is 1.42. The third-order valence-electron chi connectivity index (χ3n) is 1.91. The zero-order valence-electron chi connectivity index (χ0n) is 9.49. The average Bonchev–Trinajstić information content (AvgIpc) is 2.01. The van der Waals surface area contributed by atoms with Gasteiger partial charge in [0.2, 0.25) is 0 Å². The molecule has 0 bridgehead atoms. The monoisotopic (exact) mass is 193 g/mol. The molecule has 0 aromatic carbocycles. The molecule has 0 aliphatic carbocycles. The highest BCUT2D eigenvalue weighted by Gasteiger charge is 2.04. The van der Waals surface area contributed by atoms with Crippen LogP contribution in [0.4, 0.5) is 0 Å². The van der Waals surface area contributed by atoms with Crippen LogP contribution in [0.2, 0.25) is 0 Å². The molecular formula is C11H19N3. The molecule has 78 valence electrons. The Hall–Kier alpha value is -0.990. The van der Waals surface area contributed by atoms with E-state index in [1.54, 1.807) is 0 Å². The van der Waals surface area contributed by atoms with Crippen LogP contribution in [0.15, 0.2) is 6.07 Å². The predicted molar refractivity (Wildman–Crippen MR) is 56.9 cm³/mol. The van der Waals surface area contributed by atoms with E-state index >= 15 is 0 Å². The molecule has 1 heterocycles. The zero-order valence-corrected chi connectivity index (χ0v) is 9.49. The molecule has 14 heavy (non-hydrogen) atoms. The van der Waals surface area contributed by atoms with Gasteiger partial charge in [0.25, 0.3) is 0 Å². The quantitative estimate of drug-likeness (QED) is 0.736. The van der Waals surface area contributed by atoms with E-state index < -0.39 is 0 Å². The van der Waals surface area contributed by atoms with E-state index in [2.05, 4.69) is 49.2 Å². The fraction of sp³-hybridized carbons (Fsp3) is 0.727. The van der Waals surface area contributed by atoms with Crippen LogP contribution >= 0.6 is 0 Å². The van der Waals surface area contributed by atoms with Crippen molar-refractivity contribution in [2.24, 2.45) is 11.8 Å². The van der Waals surface area contributed by atoms with E-state index in [-0.39, 0.29) is 0 Å². The molecule has 3 heteroatoms. The van der Waals surface area contributed by atoms with Crippen LogP contribution in [0.3, 0.4) is 0 Å². The van der Waals surface area contributed by atoms with Crippen LogP contribution < -0.4 is 0 Å². The number of aromatic nitrogens is 3. The molecule has 0 N–H and O–H groups in total. The van der Waals surface area contributed by atoms with Crippen LogP contribution in [0.25, 0.3) is 0 Å². The highest BCUT2D eigenvalue weighted by molar-refractivity contribution is 5.07. The molecule has 0 radical (unpaired) electrons. The van der Waals surface area contributed by atoms with Crippen molar-refractivity contribution in [2.75, 3.05) is 0 Å². The lowest BCUT2D eigenvalue weighted by Gasteiger charge is -2.06. The van der Waals surface area contributed by atoms with Gasteiger partial charge in [0, 0.05) is 0 Å². The number of hydrogen-bond donors (Lipinski definition) is 0. The molecule has 1 aromatic heterocycles. The van der Waals surface area contributed by atoms with Gasteiger partial charge in [-0.2, -0.15) is 0 Å². The van der Waals surface area contributed by atoms with Crippen LogP contribution in [-0.4, -0.2) is 15.4 Å². The molecule has 0 atom stereocenters. The third-order valence-corrected chi connectivity index (χ3v) is 1.91. The first-order valence-electron chi connectivity index (χ1n) is 5.26. The van der Waals surface area contributed by atoms with E-state index in [0.29, 0.717) is 11.8 Å². The summed E-state index contributed by atoms with van der Waals surface area (Å²) in [6.07, 6.45) is 1.97. The summed E-state index contributed by atoms with van der Waals surface area (Å²) >= 11 is 0. The molecule has 0 fully saturated rings. The first-order chi connectivity index (χ1) is 6.58. The van der Waals surface area contributed by atoms with Crippen molar-refractivity contribution >= 4 is 0 Å². The van der Waals surface area contributed by atoms with E-state index in [1.165, 1.54) is 0 Å². The zero-order chi connectivity index (χ0) is 10.6. The van der Waals surface area contributed by atoms with Crippen LogP contribution in [0, 0.1) is 11.8 Å². The topological polar surface area (TPSA) is 38.7 Å². The molecule has 1 aromatic rings. The van der Waals surface area contributed by atoms with Gasteiger partial charge in [-0.3, -0.25) is 0 Å². The Kier molecular flexibility index (Phi) is 3.98. The standard InChI is InChI=1S/C11H19N3/c1-8(2)5-10-7-11(6-9(3)4)13-14-12-10/h7-9H,5-6H2,1-4H3. The smallest absolute Gasteiger partial charge is 0.0670 e. The molecule has 0 aliphatic heterocycles. The molecule has 3 nitrogen and oxygen atoms in total. The summed E-state index contributed by atoms with van der Waals surface area (Å²) in [7, 11) is 0. The minimum Gasteiger partial charge on any atom is -0.135 e. The molecule has 0 spiro atoms. The average molecular weight is 193 g/mol. The van der Waals surface area contributed by atoms with Crippen molar-refractivity contribution in [1.29, 1.82) is 0 Å². The second-order valence-corrected chi connectivity index (χ2v) is 4.61. The lowest BCUT2D eigenvalue weighted by Crippen LogP contribution is -2.05. The van der Waals surface area contributed by atoms with Gasteiger partial charge in [0.05, 0.1) is 11.4 Å². The fourth-order valence-corrected chi connectivity index (χ4v) is 1.42. The van der Waals surface area contributed by atoms with Gasteiger partial charge >= 0.3 is 0 Å². The van der Waals surface area contributed by atoms with Gasteiger partial charge in [0.15, 0.2) is 0 Å². The SMILES string of the molecule is CC(C)Cc1cc(CC(C)C)nnn1. The van der Waals surface area contributed by atoms with Crippen molar-refractivity contribution in [1.82, 2.24) is 15.4 Å². The second kappa shape index (κ2) is 5.03. The van der Waals surface area contributed by atoms with Crippen molar-refractivity contribution in [2.45, 2.75) is 40.5 Å². The molecular weight excluding hydrogens is 174 g/mol. The second-order valence-electron chi connectivity index (χ2n) is 4.61. The van der Waals surface area contributed by atoms with Gasteiger partial charge in [-0.15, -0.1) is 10.2 Å². The molecule has 0 aliphatic rings. The Morgan fingerprint density at radius 1 is 0.929 bits per heavy atom. The number of rotatable bonds is 4. The third kappa shape index (κ3) is 3.81. The van der Waals surface area contributed by atoms with Gasteiger partial charge in [-0.05, 0) is 36.0 Å². The predicted octanol–water partition coefficient (Wildman–Crippen LogP) is 2.27. The van der Waals surface area contributed by atoms with Crippen molar-refractivity contribution < 1.29 is 0 Å². The molecule has 0 saturated heterocycles. The summed E-state index contributed by atoms with van der Waals surface area (Å²) in [6.45, 7) is 8.74. The first kappa shape index (κ1) is 11.1. The summed E-state index contributed by atoms with van der Waals surface area (Å²) in [4.78, 5) is 0. The minimum absolute atomic E-state index is 0.624. The van der Waals surface area contributed by atoms with Gasteiger partial charge in [-0.1, -0.05) is 27.7 Å². The summed E-state index contributed by atoms with van der Waals surface area (Å²) in [5.41, 5.74) is 2.12. The molecule has 0 amide bonds. The molecule has 0 saturated carbocycles. The lowest BCUT2D eigenvalue weighted by atomic mass is 10.0. The summed E-state index contributed by atoms with van der Waals surface area (Å²) in [5, 5.41) is 11.8. The van der Waals surface area contributed by atoms with Gasteiger partial charge < -0.3 is 0 Å². The highest BCUT2D eigenvalue weighted by Crippen LogP contribution is 2.08. The van der Waals surface area contributed by atoms with Crippen LogP contribution in [0.5, 0.6) is 0 Å². The summed E-state index contributed by atoms with van der Waals surface area (Å²) in [6, 6.07) is 2.08. The van der Waals surface area contributed by atoms with Crippen molar-refractivity contribution in [3.8, 4) is 0 Å². The normalized spacial score (nSPS) is 11.3. The van der Waals surface area contributed by atoms with E-state index in [9.17, 15) is 0 Å².